The molecule has 0 saturated carbocycles. The molecule has 0 radical (unpaired) electrons. The van der Waals surface area contributed by atoms with Crippen LogP contribution in [0.4, 0.5) is 0 Å². The van der Waals surface area contributed by atoms with Crippen LogP contribution in [0.3, 0.4) is 0 Å². The van der Waals surface area contributed by atoms with Gasteiger partial charge < -0.3 is 18.9 Å². The lowest BCUT2D eigenvalue weighted by Crippen LogP contribution is -2.71. The molecule has 0 atom stereocenters. The van der Waals surface area contributed by atoms with E-state index in [9.17, 15) is 38.4 Å². The Bertz CT molecular complexity index is 649. The van der Waals surface area contributed by atoms with Crippen LogP contribution >= 0.6 is 0 Å². The Morgan fingerprint density at radius 1 is 0.542 bits per heavy atom. The molecular weight excluding hydrogens is 336 g/mol. The van der Waals surface area contributed by atoms with Crippen molar-refractivity contribution in [3.63, 3.8) is 0 Å². The van der Waals surface area contributed by atoms with Crippen molar-refractivity contribution in [2.75, 3.05) is 0 Å². The van der Waals surface area contributed by atoms with E-state index in [2.05, 4.69) is 18.9 Å². The van der Waals surface area contributed by atoms with Gasteiger partial charge in [-0.25, -0.2) is 19.2 Å². The first-order valence-electron chi connectivity index (χ1n) is 6.24. The van der Waals surface area contributed by atoms with Crippen molar-refractivity contribution in [2.24, 2.45) is 17.3 Å². The number of carbonyl (C=O) groups excluding carboxylic acids is 8. The van der Waals surface area contributed by atoms with Crippen LogP contribution in [0, 0.1) is 17.3 Å². The number of hydrogen-bond acceptors (Lipinski definition) is 12. The average molecular weight is 340 g/mol. The van der Waals surface area contributed by atoms with Gasteiger partial charge in [0.15, 0.2) is 11.8 Å². The highest BCUT2D eigenvalue weighted by molar-refractivity contribution is 6.46. The van der Waals surface area contributed by atoms with E-state index in [1.54, 1.807) is 0 Å². The topological polar surface area (TPSA) is 173 Å². The number of hydrogen-bond donors (Lipinski definition) is 0. The molecule has 0 N–H and O–H groups in total. The van der Waals surface area contributed by atoms with Crippen molar-refractivity contribution >= 4 is 47.8 Å². The van der Waals surface area contributed by atoms with Gasteiger partial charge in [0.05, 0.1) is 0 Å². The van der Waals surface area contributed by atoms with Crippen molar-refractivity contribution in [1.29, 1.82) is 0 Å². The molecule has 12 nitrogen and oxygen atoms in total. The van der Waals surface area contributed by atoms with E-state index < -0.39 is 65.0 Å². The molecule has 12 heteroatoms. The van der Waals surface area contributed by atoms with Gasteiger partial charge in [0.25, 0.3) is 0 Å². The highest BCUT2D eigenvalue weighted by Gasteiger charge is 2.80. The van der Waals surface area contributed by atoms with E-state index in [1.807, 2.05) is 0 Å². The van der Waals surface area contributed by atoms with Gasteiger partial charge in [-0.1, -0.05) is 0 Å². The molecule has 124 valence electrons. The summed E-state index contributed by atoms with van der Waals surface area (Å²) in [5, 5.41) is 0. The van der Waals surface area contributed by atoms with Gasteiger partial charge in [0.2, 0.25) is 0 Å². The summed E-state index contributed by atoms with van der Waals surface area (Å²) in [5.74, 6) is -9.19. The molecule has 0 aromatic carbocycles. The van der Waals surface area contributed by atoms with Crippen LogP contribution in [0.25, 0.3) is 0 Å². The number of ether oxygens (including phenoxy) is 4. The molecule has 4 aliphatic rings. The fourth-order valence-corrected chi connectivity index (χ4v) is 2.06. The Kier molecular flexibility index (Phi) is 3.08. The van der Waals surface area contributed by atoms with E-state index in [1.165, 1.54) is 0 Å². The van der Waals surface area contributed by atoms with E-state index in [-0.39, 0.29) is 6.42 Å². The summed E-state index contributed by atoms with van der Waals surface area (Å²) in [5.41, 5.74) is -2.22. The van der Waals surface area contributed by atoms with Crippen molar-refractivity contribution in [3.05, 3.63) is 0 Å². The van der Waals surface area contributed by atoms with Gasteiger partial charge in [-0.2, -0.15) is 0 Å². The minimum atomic E-state index is -2.22. The SMILES string of the molecule is O=C1OC(=O)C12C(=O)OC2=O.O=C1OC(=O)C1CC1C(=O)OC1=O. The standard InChI is InChI=1S/C7H4O6.C5O6/c8-4-2(5(9)12-4)1-3-6(10)13-7(3)11;6-1-5(2(7)10-1)3(8)11-4(5)9/h2-3H,1H2;. The number of esters is 8. The molecule has 0 aromatic rings. The van der Waals surface area contributed by atoms with E-state index in [4.69, 9.17) is 0 Å². The van der Waals surface area contributed by atoms with Gasteiger partial charge in [-0.3, -0.25) is 19.2 Å². The second-order valence-electron chi connectivity index (χ2n) is 4.93. The summed E-state index contributed by atoms with van der Waals surface area (Å²) >= 11 is 0. The lowest BCUT2D eigenvalue weighted by Gasteiger charge is -2.36. The normalized spacial score (nSPS) is 24.3. The highest BCUT2D eigenvalue weighted by Crippen LogP contribution is 2.40. The fourth-order valence-electron chi connectivity index (χ4n) is 2.06. The van der Waals surface area contributed by atoms with E-state index in [0.717, 1.165) is 0 Å². The molecule has 1 spiro atoms. The maximum absolute atomic E-state index is 10.6. The first-order valence-corrected chi connectivity index (χ1v) is 6.24. The molecule has 4 rings (SSSR count). The lowest BCUT2D eigenvalue weighted by molar-refractivity contribution is -0.224. The molecular formula is C12H4O12. The Balaban J connectivity index is 0.000000143. The average Bonchev–Trinajstić information content (AvgIpc) is 2.47. The quantitative estimate of drug-likeness (QED) is 0.282. The second-order valence-corrected chi connectivity index (χ2v) is 4.93. The molecule has 4 heterocycles. The Labute approximate surface area is 129 Å². The van der Waals surface area contributed by atoms with Crippen molar-refractivity contribution in [1.82, 2.24) is 0 Å². The molecule has 0 bridgehead atoms. The van der Waals surface area contributed by atoms with Crippen molar-refractivity contribution in [3.8, 4) is 0 Å². The maximum Gasteiger partial charge on any atom is 0.357 e. The zero-order valence-electron chi connectivity index (χ0n) is 11.3. The molecule has 4 fully saturated rings. The minimum absolute atomic E-state index is 0.116. The summed E-state index contributed by atoms with van der Waals surface area (Å²) < 4.78 is 15.8. The molecule has 4 aliphatic heterocycles. The first-order chi connectivity index (χ1) is 11.2. The molecule has 0 aliphatic carbocycles. The Morgan fingerprint density at radius 3 is 1.00 bits per heavy atom. The van der Waals surface area contributed by atoms with Crippen LogP contribution < -0.4 is 0 Å². The van der Waals surface area contributed by atoms with Crippen LogP contribution in [0.1, 0.15) is 6.42 Å². The lowest BCUT2D eigenvalue weighted by atomic mass is 9.80. The third kappa shape index (κ3) is 1.79. The summed E-state index contributed by atoms with van der Waals surface area (Å²) in [7, 11) is 0. The largest absolute Gasteiger partial charge is 0.392 e. The third-order valence-electron chi connectivity index (χ3n) is 3.61. The Morgan fingerprint density at radius 2 is 0.833 bits per heavy atom. The predicted octanol–water partition coefficient (Wildman–Crippen LogP) is -3.08. The van der Waals surface area contributed by atoms with Gasteiger partial charge in [-0.05, 0) is 6.42 Å². The maximum atomic E-state index is 10.6. The molecule has 4 saturated heterocycles. The van der Waals surface area contributed by atoms with E-state index in [0.29, 0.717) is 0 Å². The third-order valence-corrected chi connectivity index (χ3v) is 3.61. The van der Waals surface area contributed by atoms with Crippen LogP contribution in [0.5, 0.6) is 0 Å². The summed E-state index contributed by atoms with van der Waals surface area (Å²) in [6.45, 7) is 0. The van der Waals surface area contributed by atoms with Gasteiger partial charge in [0.1, 0.15) is 0 Å². The highest BCUT2D eigenvalue weighted by atomic mass is 16.7. The first kappa shape index (κ1) is 15.5. The minimum Gasteiger partial charge on any atom is -0.392 e. The molecule has 0 aromatic heterocycles. The summed E-state index contributed by atoms with van der Waals surface area (Å²) in [6.07, 6.45) is -0.116. The molecule has 24 heavy (non-hydrogen) atoms. The summed E-state index contributed by atoms with van der Waals surface area (Å²) in [4.78, 5) is 84.5. The van der Waals surface area contributed by atoms with E-state index >= 15 is 0 Å². The van der Waals surface area contributed by atoms with Crippen LogP contribution in [0.2, 0.25) is 0 Å². The summed E-state index contributed by atoms with van der Waals surface area (Å²) in [6, 6.07) is 0. The van der Waals surface area contributed by atoms with Crippen LogP contribution in [0.15, 0.2) is 0 Å². The zero-order chi connectivity index (χ0) is 17.8. The number of rotatable bonds is 2. The fraction of sp³-hybridized carbons (Fsp3) is 0.333. The zero-order valence-corrected chi connectivity index (χ0v) is 11.3. The van der Waals surface area contributed by atoms with Gasteiger partial charge in [-0.15, -0.1) is 0 Å². The van der Waals surface area contributed by atoms with Gasteiger partial charge >= 0.3 is 53.2 Å². The monoisotopic (exact) mass is 340 g/mol. The van der Waals surface area contributed by atoms with Crippen molar-refractivity contribution in [2.45, 2.75) is 6.42 Å². The second kappa shape index (κ2) is 4.78. The Hall–Kier alpha value is -3.44. The molecule has 0 unspecified atom stereocenters. The predicted molar refractivity (Wildman–Crippen MR) is 58.4 cm³/mol. The molecule has 0 amide bonds. The van der Waals surface area contributed by atoms with Crippen LogP contribution in [-0.2, 0) is 57.3 Å². The van der Waals surface area contributed by atoms with Crippen LogP contribution in [-0.4, -0.2) is 47.8 Å². The number of carbonyl (C=O) groups is 8. The van der Waals surface area contributed by atoms with Gasteiger partial charge in [0, 0.05) is 0 Å². The smallest absolute Gasteiger partial charge is 0.357 e. The number of cyclic esters (lactones) is 8. The van der Waals surface area contributed by atoms with Crippen molar-refractivity contribution < 1.29 is 57.3 Å².